The largest absolute Gasteiger partial charge is 0.477 e. The van der Waals surface area contributed by atoms with Gasteiger partial charge in [-0.3, -0.25) is 5.10 Å². The number of nitrogens with zero attached hydrogens (tertiary/aromatic N) is 3. The van der Waals surface area contributed by atoms with Crippen molar-refractivity contribution in [2.75, 3.05) is 0 Å². The molecule has 0 aliphatic carbocycles. The van der Waals surface area contributed by atoms with Gasteiger partial charge >= 0.3 is 12.0 Å². The van der Waals surface area contributed by atoms with Gasteiger partial charge in [-0.05, 0) is 13.0 Å². The number of ether oxygens (including phenoxy) is 1. The maximum absolute atomic E-state index is 10.6. The zero-order valence-corrected chi connectivity index (χ0v) is 8.34. The Morgan fingerprint density at radius 3 is 3.00 bits per heavy atom. The molecule has 0 saturated heterocycles. The van der Waals surface area contributed by atoms with Gasteiger partial charge in [0, 0.05) is 18.0 Å². The maximum Gasteiger partial charge on any atom is 0.354 e. The van der Waals surface area contributed by atoms with E-state index >= 15 is 0 Å². The lowest BCUT2D eigenvalue weighted by Crippen LogP contribution is -2.02. The molecule has 0 radical (unpaired) electrons. The number of carboxylic acids is 1. The highest BCUT2D eigenvalue weighted by Gasteiger charge is 2.08. The number of hydrogen-bond acceptors (Lipinski definition) is 5. The molecule has 2 rings (SSSR count). The Bertz CT molecular complexity index is 523. The van der Waals surface area contributed by atoms with E-state index in [1.54, 1.807) is 6.07 Å². The SMILES string of the molecule is Cc1cc(Oc2nccc(C(=O)O)n2)n[nH]1. The third-order valence-electron chi connectivity index (χ3n) is 1.73. The monoisotopic (exact) mass is 220 g/mol. The summed E-state index contributed by atoms with van der Waals surface area (Å²) in [6, 6.07) is 2.88. The number of rotatable bonds is 3. The lowest BCUT2D eigenvalue weighted by atomic mass is 10.4. The molecule has 0 aromatic carbocycles. The van der Waals surface area contributed by atoms with E-state index in [-0.39, 0.29) is 11.7 Å². The molecule has 0 aliphatic heterocycles. The van der Waals surface area contributed by atoms with E-state index < -0.39 is 5.97 Å². The first-order chi connectivity index (χ1) is 7.65. The van der Waals surface area contributed by atoms with Gasteiger partial charge in [0.25, 0.3) is 0 Å². The Morgan fingerprint density at radius 2 is 2.38 bits per heavy atom. The number of aromatic carboxylic acids is 1. The number of aromatic nitrogens is 4. The molecule has 0 bridgehead atoms. The van der Waals surface area contributed by atoms with Crippen LogP contribution in [0.25, 0.3) is 0 Å². The van der Waals surface area contributed by atoms with Crippen LogP contribution >= 0.6 is 0 Å². The highest BCUT2D eigenvalue weighted by molar-refractivity contribution is 5.85. The fraction of sp³-hybridized carbons (Fsp3) is 0.111. The van der Waals surface area contributed by atoms with Crippen LogP contribution in [-0.2, 0) is 0 Å². The standard InChI is InChI=1S/C9H8N4O3/c1-5-4-7(13-12-5)16-9-10-3-2-6(11-9)8(14)15/h2-4H,1H3,(H,12,13)(H,14,15). The molecule has 2 N–H and O–H groups in total. The fourth-order valence-electron chi connectivity index (χ4n) is 1.05. The van der Waals surface area contributed by atoms with Crippen molar-refractivity contribution in [3.63, 3.8) is 0 Å². The molecule has 0 amide bonds. The average Bonchev–Trinajstić information content (AvgIpc) is 2.64. The Balaban J connectivity index is 2.21. The van der Waals surface area contributed by atoms with Crippen LogP contribution in [0.15, 0.2) is 18.3 Å². The lowest BCUT2D eigenvalue weighted by Gasteiger charge is -1.99. The molecule has 2 aromatic rings. The second-order valence-electron chi connectivity index (χ2n) is 3.02. The molecule has 2 heterocycles. The Kier molecular flexibility index (Phi) is 2.50. The molecular weight excluding hydrogens is 212 g/mol. The highest BCUT2D eigenvalue weighted by atomic mass is 16.5. The van der Waals surface area contributed by atoms with E-state index in [1.165, 1.54) is 12.3 Å². The molecule has 7 nitrogen and oxygen atoms in total. The number of carbonyl (C=O) groups is 1. The van der Waals surface area contributed by atoms with Gasteiger partial charge in [-0.15, -0.1) is 5.10 Å². The van der Waals surface area contributed by atoms with Crippen LogP contribution in [0.1, 0.15) is 16.2 Å². The minimum absolute atomic E-state index is 0.0496. The van der Waals surface area contributed by atoms with Crippen LogP contribution in [0, 0.1) is 6.92 Å². The predicted molar refractivity (Wildman–Crippen MR) is 52.4 cm³/mol. The van der Waals surface area contributed by atoms with Gasteiger partial charge in [0.1, 0.15) is 0 Å². The predicted octanol–water partition coefficient (Wildman–Crippen LogP) is 0.999. The van der Waals surface area contributed by atoms with E-state index in [9.17, 15) is 4.79 Å². The molecule has 82 valence electrons. The van der Waals surface area contributed by atoms with Crippen molar-refractivity contribution < 1.29 is 14.6 Å². The van der Waals surface area contributed by atoms with Crippen LogP contribution in [0.3, 0.4) is 0 Å². The summed E-state index contributed by atoms with van der Waals surface area (Å²) in [5.41, 5.74) is 0.696. The number of nitrogens with one attached hydrogen (secondary N) is 1. The van der Waals surface area contributed by atoms with E-state index in [0.717, 1.165) is 5.69 Å². The van der Waals surface area contributed by atoms with Crippen molar-refractivity contribution in [3.05, 3.63) is 29.7 Å². The van der Waals surface area contributed by atoms with Crippen LogP contribution in [0.2, 0.25) is 0 Å². The number of aryl methyl sites for hydroxylation is 1. The van der Waals surface area contributed by atoms with Gasteiger partial charge in [-0.2, -0.15) is 4.98 Å². The second-order valence-corrected chi connectivity index (χ2v) is 3.02. The molecular formula is C9H8N4O3. The topological polar surface area (TPSA) is 101 Å². The van der Waals surface area contributed by atoms with Gasteiger partial charge in [0.05, 0.1) is 0 Å². The van der Waals surface area contributed by atoms with Crippen molar-refractivity contribution in [2.45, 2.75) is 6.92 Å². The van der Waals surface area contributed by atoms with Crippen LogP contribution < -0.4 is 4.74 Å². The Labute approximate surface area is 90.1 Å². The summed E-state index contributed by atoms with van der Waals surface area (Å²) in [5.74, 6) is -0.842. The fourth-order valence-corrected chi connectivity index (χ4v) is 1.05. The van der Waals surface area contributed by atoms with E-state index in [1.807, 2.05) is 6.92 Å². The normalized spacial score (nSPS) is 10.1. The number of hydrogen-bond donors (Lipinski definition) is 2. The van der Waals surface area contributed by atoms with Crippen LogP contribution in [0.5, 0.6) is 11.9 Å². The third-order valence-corrected chi connectivity index (χ3v) is 1.73. The van der Waals surface area contributed by atoms with Crippen molar-refractivity contribution in [2.24, 2.45) is 0 Å². The molecule has 16 heavy (non-hydrogen) atoms. The summed E-state index contributed by atoms with van der Waals surface area (Å²) in [6.07, 6.45) is 1.31. The van der Waals surface area contributed by atoms with Crippen molar-refractivity contribution in [1.82, 2.24) is 20.2 Å². The molecule has 0 atom stereocenters. The van der Waals surface area contributed by atoms with Crippen LogP contribution in [-0.4, -0.2) is 31.2 Å². The first-order valence-corrected chi connectivity index (χ1v) is 4.41. The summed E-state index contributed by atoms with van der Waals surface area (Å²) in [6.45, 7) is 1.81. The number of aromatic amines is 1. The van der Waals surface area contributed by atoms with Crippen molar-refractivity contribution in [1.29, 1.82) is 0 Å². The molecule has 0 spiro atoms. The zero-order valence-electron chi connectivity index (χ0n) is 8.34. The van der Waals surface area contributed by atoms with Gasteiger partial charge in [0.15, 0.2) is 5.69 Å². The summed E-state index contributed by atoms with van der Waals surface area (Å²) < 4.78 is 5.16. The Morgan fingerprint density at radius 1 is 1.56 bits per heavy atom. The molecule has 0 fully saturated rings. The van der Waals surface area contributed by atoms with E-state index in [4.69, 9.17) is 9.84 Å². The van der Waals surface area contributed by atoms with Gasteiger partial charge in [-0.25, -0.2) is 9.78 Å². The zero-order chi connectivity index (χ0) is 11.5. The lowest BCUT2D eigenvalue weighted by molar-refractivity contribution is 0.0689. The highest BCUT2D eigenvalue weighted by Crippen LogP contribution is 2.14. The van der Waals surface area contributed by atoms with Crippen molar-refractivity contribution in [3.8, 4) is 11.9 Å². The molecule has 7 heteroatoms. The average molecular weight is 220 g/mol. The van der Waals surface area contributed by atoms with E-state index in [2.05, 4.69) is 20.2 Å². The second kappa shape index (κ2) is 3.97. The quantitative estimate of drug-likeness (QED) is 0.800. The summed E-state index contributed by atoms with van der Waals surface area (Å²) in [4.78, 5) is 18.1. The maximum atomic E-state index is 10.6. The minimum atomic E-state index is -1.13. The molecule has 0 aliphatic rings. The van der Waals surface area contributed by atoms with Gasteiger partial charge < -0.3 is 9.84 Å². The summed E-state index contributed by atoms with van der Waals surface area (Å²) >= 11 is 0. The number of H-pyrrole nitrogens is 1. The first kappa shape index (κ1) is 10.1. The molecule has 0 saturated carbocycles. The molecule has 0 unspecified atom stereocenters. The number of carboxylic acid groups (broad SMARTS) is 1. The van der Waals surface area contributed by atoms with Gasteiger partial charge in [0.2, 0.25) is 5.88 Å². The third kappa shape index (κ3) is 2.14. The summed E-state index contributed by atoms with van der Waals surface area (Å²) in [5, 5.41) is 15.2. The molecule has 2 aromatic heterocycles. The van der Waals surface area contributed by atoms with Gasteiger partial charge in [-0.1, -0.05) is 0 Å². The minimum Gasteiger partial charge on any atom is -0.477 e. The first-order valence-electron chi connectivity index (χ1n) is 4.41. The van der Waals surface area contributed by atoms with Crippen molar-refractivity contribution >= 4 is 5.97 Å². The van der Waals surface area contributed by atoms with Crippen LogP contribution in [0.4, 0.5) is 0 Å². The Hall–Kier alpha value is -2.44. The summed E-state index contributed by atoms with van der Waals surface area (Å²) in [7, 11) is 0. The van der Waals surface area contributed by atoms with E-state index in [0.29, 0.717) is 5.88 Å². The smallest absolute Gasteiger partial charge is 0.354 e.